The molecule has 5 heteroatoms. The van der Waals surface area contributed by atoms with Gasteiger partial charge in [-0.3, -0.25) is 4.79 Å². The average molecular weight is 325 g/mol. The van der Waals surface area contributed by atoms with Crippen molar-refractivity contribution in [3.63, 3.8) is 0 Å². The summed E-state index contributed by atoms with van der Waals surface area (Å²) in [5, 5.41) is 3.66. The first-order chi connectivity index (χ1) is 11.6. The number of amides is 1. The number of hydrogen-bond acceptors (Lipinski definition) is 2. The summed E-state index contributed by atoms with van der Waals surface area (Å²) in [7, 11) is 0. The molecule has 0 fully saturated rings. The molecule has 3 rings (SSSR count). The Morgan fingerprint density at radius 1 is 1.08 bits per heavy atom. The van der Waals surface area contributed by atoms with Crippen LogP contribution >= 0.6 is 0 Å². The second-order valence-electron chi connectivity index (χ2n) is 5.59. The number of fused-ring (bicyclic) bond motifs is 1. The van der Waals surface area contributed by atoms with Crippen LogP contribution in [0.4, 0.5) is 15.8 Å². The van der Waals surface area contributed by atoms with E-state index in [2.05, 4.69) is 29.0 Å². The molecule has 2 N–H and O–H groups in total. The Morgan fingerprint density at radius 2 is 1.79 bits per heavy atom. The quantitative estimate of drug-likeness (QED) is 0.730. The highest BCUT2D eigenvalue weighted by Crippen LogP contribution is 2.20. The van der Waals surface area contributed by atoms with Gasteiger partial charge in [0.25, 0.3) is 5.91 Å². The normalized spacial score (nSPS) is 10.8. The summed E-state index contributed by atoms with van der Waals surface area (Å²) in [4.78, 5) is 17.5. The fraction of sp³-hybridized carbons (Fsp3) is 0.211. The van der Waals surface area contributed by atoms with E-state index < -0.39 is 0 Å². The molecule has 24 heavy (non-hydrogen) atoms. The number of nitrogens with zero attached hydrogens (tertiary/aromatic N) is 1. The Bertz CT molecular complexity index is 851. The zero-order chi connectivity index (χ0) is 17.1. The third-order valence-electron chi connectivity index (χ3n) is 4.08. The summed E-state index contributed by atoms with van der Waals surface area (Å²) < 4.78 is 13.2. The van der Waals surface area contributed by atoms with Gasteiger partial charge in [-0.25, -0.2) is 4.39 Å². The number of nitrogens with one attached hydrogen (secondary N) is 2. The van der Waals surface area contributed by atoms with Crippen LogP contribution in [0, 0.1) is 5.82 Å². The second kappa shape index (κ2) is 6.74. The van der Waals surface area contributed by atoms with Crippen molar-refractivity contribution in [2.45, 2.75) is 13.8 Å². The van der Waals surface area contributed by atoms with Gasteiger partial charge in [0.2, 0.25) is 0 Å². The number of halogens is 1. The van der Waals surface area contributed by atoms with Crippen molar-refractivity contribution in [3.8, 4) is 0 Å². The summed E-state index contributed by atoms with van der Waals surface area (Å²) in [6, 6.07) is 13.9. The number of aromatic nitrogens is 1. The number of rotatable bonds is 5. The number of carbonyl (C=O) groups excluding carboxylic acids is 1. The summed E-state index contributed by atoms with van der Waals surface area (Å²) in [6.07, 6.45) is 0. The van der Waals surface area contributed by atoms with Gasteiger partial charge in [-0.1, -0.05) is 0 Å². The fourth-order valence-electron chi connectivity index (χ4n) is 2.76. The van der Waals surface area contributed by atoms with E-state index in [1.807, 2.05) is 24.3 Å². The lowest BCUT2D eigenvalue weighted by Gasteiger charge is -2.21. The molecule has 0 spiro atoms. The highest BCUT2D eigenvalue weighted by molar-refractivity contribution is 6.05. The van der Waals surface area contributed by atoms with Crippen molar-refractivity contribution in [1.29, 1.82) is 0 Å². The molecule has 3 aromatic rings. The van der Waals surface area contributed by atoms with Crippen molar-refractivity contribution in [2.24, 2.45) is 0 Å². The van der Waals surface area contributed by atoms with E-state index in [1.165, 1.54) is 12.1 Å². The van der Waals surface area contributed by atoms with Crippen LogP contribution < -0.4 is 10.2 Å². The maximum atomic E-state index is 13.2. The van der Waals surface area contributed by atoms with Crippen LogP contribution in [-0.4, -0.2) is 24.0 Å². The number of anilines is 2. The predicted octanol–water partition coefficient (Wildman–Crippen LogP) is 4.41. The van der Waals surface area contributed by atoms with E-state index in [9.17, 15) is 9.18 Å². The van der Waals surface area contributed by atoms with Crippen LogP contribution in [-0.2, 0) is 0 Å². The predicted molar refractivity (Wildman–Crippen MR) is 96.2 cm³/mol. The largest absolute Gasteiger partial charge is 0.372 e. The van der Waals surface area contributed by atoms with Gasteiger partial charge in [-0.05, 0) is 62.4 Å². The molecule has 0 bridgehead atoms. The van der Waals surface area contributed by atoms with Gasteiger partial charge < -0.3 is 15.2 Å². The SMILES string of the molecule is CCN(CC)c1ccc(NC(=O)c2cc3ccc(F)cc3[nH]2)cc1. The van der Waals surface area contributed by atoms with Gasteiger partial charge in [0, 0.05) is 35.4 Å². The van der Waals surface area contributed by atoms with Gasteiger partial charge >= 0.3 is 0 Å². The fourth-order valence-corrected chi connectivity index (χ4v) is 2.76. The molecule has 0 saturated heterocycles. The Hall–Kier alpha value is -2.82. The number of benzene rings is 2. The minimum Gasteiger partial charge on any atom is -0.372 e. The molecule has 1 aromatic heterocycles. The Labute approximate surface area is 140 Å². The molecule has 1 heterocycles. The molecular formula is C19H20FN3O. The van der Waals surface area contributed by atoms with Gasteiger partial charge in [0.15, 0.2) is 0 Å². The molecule has 1 amide bonds. The van der Waals surface area contributed by atoms with E-state index in [4.69, 9.17) is 0 Å². The second-order valence-corrected chi connectivity index (χ2v) is 5.59. The number of aromatic amines is 1. The molecule has 0 aliphatic heterocycles. The van der Waals surface area contributed by atoms with Crippen LogP contribution in [0.1, 0.15) is 24.3 Å². The monoisotopic (exact) mass is 325 g/mol. The van der Waals surface area contributed by atoms with Crippen molar-refractivity contribution in [2.75, 3.05) is 23.3 Å². The Balaban J connectivity index is 1.76. The van der Waals surface area contributed by atoms with E-state index >= 15 is 0 Å². The summed E-state index contributed by atoms with van der Waals surface area (Å²) >= 11 is 0. The van der Waals surface area contributed by atoms with Crippen molar-refractivity contribution in [3.05, 3.63) is 60.0 Å². The number of H-pyrrole nitrogens is 1. The minimum absolute atomic E-state index is 0.248. The smallest absolute Gasteiger partial charge is 0.272 e. The first-order valence-corrected chi connectivity index (χ1v) is 8.05. The van der Waals surface area contributed by atoms with Crippen LogP contribution in [0.3, 0.4) is 0 Å². The lowest BCUT2D eigenvalue weighted by atomic mass is 10.2. The molecule has 0 radical (unpaired) electrons. The molecule has 0 saturated carbocycles. The van der Waals surface area contributed by atoms with E-state index in [0.717, 1.165) is 29.9 Å². The number of carbonyl (C=O) groups is 1. The molecule has 0 aliphatic rings. The summed E-state index contributed by atoms with van der Waals surface area (Å²) in [6.45, 7) is 6.09. The van der Waals surface area contributed by atoms with Gasteiger partial charge in [0.05, 0.1) is 0 Å². The number of hydrogen-bond donors (Lipinski definition) is 2. The first-order valence-electron chi connectivity index (χ1n) is 8.05. The maximum absolute atomic E-state index is 13.2. The molecule has 0 atom stereocenters. The molecular weight excluding hydrogens is 305 g/mol. The molecule has 2 aromatic carbocycles. The molecule has 124 valence electrons. The third kappa shape index (κ3) is 3.25. The van der Waals surface area contributed by atoms with Gasteiger partial charge in [-0.15, -0.1) is 0 Å². The lowest BCUT2D eigenvalue weighted by molar-refractivity contribution is 0.102. The van der Waals surface area contributed by atoms with Gasteiger partial charge in [0.1, 0.15) is 11.5 Å². The first kappa shape index (κ1) is 16.1. The maximum Gasteiger partial charge on any atom is 0.272 e. The van der Waals surface area contributed by atoms with Crippen LogP contribution in [0.25, 0.3) is 10.9 Å². The van der Waals surface area contributed by atoms with Crippen LogP contribution in [0.5, 0.6) is 0 Å². The standard InChI is InChI=1S/C19H20FN3O/c1-3-23(4-2)16-9-7-15(8-10-16)21-19(24)18-11-13-5-6-14(20)12-17(13)22-18/h5-12,22H,3-4H2,1-2H3,(H,21,24). The zero-order valence-corrected chi connectivity index (χ0v) is 13.8. The minimum atomic E-state index is -0.330. The third-order valence-corrected chi connectivity index (χ3v) is 4.08. The highest BCUT2D eigenvalue weighted by Gasteiger charge is 2.10. The summed E-state index contributed by atoms with van der Waals surface area (Å²) in [5.41, 5.74) is 2.86. The van der Waals surface area contributed by atoms with Crippen molar-refractivity contribution in [1.82, 2.24) is 4.98 Å². The topological polar surface area (TPSA) is 48.1 Å². The molecule has 0 unspecified atom stereocenters. The van der Waals surface area contributed by atoms with Gasteiger partial charge in [-0.2, -0.15) is 0 Å². The Morgan fingerprint density at radius 3 is 2.46 bits per heavy atom. The summed E-state index contributed by atoms with van der Waals surface area (Å²) in [5.74, 6) is -0.578. The Kier molecular flexibility index (Phi) is 4.51. The van der Waals surface area contributed by atoms with Crippen LogP contribution in [0.2, 0.25) is 0 Å². The van der Waals surface area contributed by atoms with Crippen molar-refractivity contribution < 1.29 is 9.18 Å². The highest BCUT2D eigenvalue weighted by atomic mass is 19.1. The van der Waals surface area contributed by atoms with E-state index in [1.54, 1.807) is 12.1 Å². The average Bonchev–Trinajstić information content (AvgIpc) is 3.00. The zero-order valence-electron chi connectivity index (χ0n) is 13.8. The molecule has 4 nitrogen and oxygen atoms in total. The van der Waals surface area contributed by atoms with Crippen molar-refractivity contribution >= 4 is 28.2 Å². The van der Waals surface area contributed by atoms with E-state index in [0.29, 0.717) is 11.2 Å². The van der Waals surface area contributed by atoms with Crippen LogP contribution in [0.15, 0.2) is 48.5 Å². The molecule has 0 aliphatic carbocycles. The lowest BCUT2D eigenvalue weighted by Crippen LogP contribution is -2.21. The van der Waals surface area contributed by atoms with E-state index in [-0.39, 0.29) is 11.7 Å².